The average molecular weight is 260 g/mol. The maximum atomic E-state index is 8.92. The first-order valence-electron chi connectivity index (χ1n) is 6.33. The molecule has 2 heterocycles. The Kier molecular flexibility index (Phi) is 3.13. The monoisotopic (exact) mass is 260 g/mol. The Morgan fingerprint density at radius 2 is 2.00 bits per heavy atom. The van der Waals surface area contributed by atoms with Gasteiger partial charge < -0.3 is 19.6 Å². The molecule has 2 N–H and O–H groups in total. The molecule has 1 aliphatic heterocycles. The molecule has 19 heavy (non-hydrogen) atoms. The molecule has 0 spiro atoms. The van der Waals surface area contributed by atoms with E-state index in [1.165, 1.54) is 0 Å². The fourth-order valence-electron chi connectivity index (χ4n) is 2.21. The predicted octanol–water partition coefficient (Wildman–Crippen LogP) is 1.69. The summed E-state index contributed by atoms with van der Waals surface area (Å²) in [5.74, 6) is 2.35. The molecule has 1 aromatic heterocycles. The summed E-state index contributed by atoms with van der Waals surface area (Å²) < 4.78 is 11.2. The smallest absolute Gasteiger partial charge is 0.162 e. The Bertz CT molecular complexity index is 592. The number of aromatic amines is 1. The van der Waals surface area contributed by atoms with Gasteiger partial charge in [-0.2, -0.15) is 0 Å². The molecule has 5 nitrogen and oxygen atoms in total. The van der Waals surface area contributed by atoms with E-state index in [4.69, 9.17) is 14.6 Å². The highest BCUT2D eigenvalue weighted by molar-refractivity contribution is 5.68. The van der Waals surface area contributed by atoms with Crippen molar-refractivity contribution in [1.29, 1.82) is 0 Å². The molecule has 1 aromatic carbocycles. The standard InChI is InChI=1S/C14H16N2O3/c1-9-6-12-13(19-5-4-18-12)7-10(9)11-8-15-14(16-11)2-3-17/h6-8,17H,2-5H2,1H3,(H,15,16). The van der Waals surface area contributed by atoms with Crippen LogP contribution in [0.1, 0.15) is 11.4 Å². The van der Waals surface area contributed by atoms with Crippen LogP contribution in [0.2, 0.25) is 0 Å². The quantitative estimate of drug-likeness (QED) is 0.881. The SMILES string of the molecule is Cc1cc2c(cc1-c1cnc(CCO)[nH]1)OCCO2. The zero-order chi connectivity index (χ0) is 13.2. The topological polar surface area (TPSA) is 67.4 Å². The largest absolute Gasteiger partial charge is 0.486 e. The van der Waals surface area contributed by atoms with Crippen molar-refractivity contribution in [2.45, 2.75) is 13.3 Å². The minimum Gasteiger partial charge on any atom is -0.486 e. The zero-order valence-corrected chi connectivity index (χ0v) is 10.8. The number of nitrogens with one attached hydrogen (secondary N) is 1. The van der Waals surface area contributed by atoms with Crippen LogP contribution in [0.3, 0.4) is 0 Å². The minimum absolute atomic E-state index is 0.0904. The van der Waals surface area contributed by atoms with Crippen LogP contribution < -0.4 is 9.47 Å². The van der Waals surface area contributed by atoms with Gasteiger partial charge in [0.1, 0.15) is 19.0 Å². The lowest BCUT2D eigenvalue weighted by Gasteiger charge is -2.20. The number of aliphatic hydroxyl groups is 1. The number of rotatable bonds is 3. The first kappa shape index (κ1) is 12.0. The Labute approximate surface area is 111 Å². The van der Waals surface area contributed by atoms with Crippen LogP contribution in [0, 0.1) is 6.92 Å². The Morgan fingerprint density at radius 3 is 2.74 bits per heavy atom. The van der Waals surface area contributed by atoms with Gasteiger partial charge in [0.15, 0.2) is 11.5 Å². The van der Waals surface area contributed by atoms with Gasteiger partial charge in [-0.1, -0.05) is 0 Å². The van der Waals surface area contributed by atoms with Crippen molar-refractivity contribution in [3.05, 3.63) is 29.7 Å². The number of aryl methyl sites for hydroxylation is 1. The van der Waals surface area contributed by atoms with E-state index in [0.717, 1.165) is 34.1 Å². The van der Waals surface area contributed by atoms with Crippen molar-refractivity contribution in [3.8, 4) is 22.8 Å². The summed E-state index contributed by atoms with van der Waals surface area (Å²) in [6.45, 7) is 3.29. The fourth-order valence-corrected chi connectivity index (χ4v) is 2.21. The third-order valence-corrected chi connectivity index (χ3v) is 3.16. The summed E-state index contributed by atoms with van der Waals surface area (Å²) in [6.07, 6.45) is 2.31. The van der Waals surface area contributed by atoms with Gasteiger partial charge in [0.2, 0.25) is 0 Å². The van der Waals surface area contributed by atoms with Gasteiger partial charge >= 0.3 is 0 Å². The molecule has 0 radical (unpaired) electrons. The van der Waals surface area contributed by atoms with Crippen LogP contribution in [0.4, 0.5) is 0 Å². The summed E-state index contributed by atoms with van der Waals surface area (Å²) in [5.41, 5.74) is 3.07. The fraction of sp³-hybridized carbons (Fsp3) is 0.357. The molecule has 0 fully saturated rings. The molecular formula is C14H16N2O3. The van der Waals surface area contributed by atoms with Crippen LogP contribution in [0.15, 0.2) is 18.3 Å². The highest BCUT2D eigenvalue weighted by atomic mass is 16.6. The maximum Gasteiger partial charge on any atom is 0.162 e. The average Bonchev–Trinajstić information content (AvgIpc) is 2.87. The van der Waals surface area contributed by atoms with E-state index in [2.05, 4.69) is 9.97 Å². The third kappa shape index (κ3) is 2.29. The number of fused-ring (bicyclic) bond motifs is 1. The van der Waals surface area contributed by atoms with E-state index in [0.29, 0.717) is 19.6 Å². The van der Waals surface area contributed by atoms with Crippen LogP contribution in [0.25, 0.3) is 11.3 Å². The highest BCUT2D eigenvalue weighted by Crippen LogP contribution is 2.36. The van der Waals surface area contributed by atoms with Gasteiger partial charge in [0.25, 0.3) is 0 Å². The van der Waals surface area contributed by atoms with Crippen molar-refractivity contribution in [2.24, 2.45) is 0 Å². The van der Waals surface area contributed by atoms with Gasteiger partial charge in [-0.3, -0.25) is 0 Å². The van der Waals surface area contributed by atoms with Crippen LogP contribution in [0.5, 0.6) is 11.5 Å². The third-order valence-electron chi connectivity index (χ3n) is 3.16. The minimum atomic E-state index is 0.0904. The first-order chi connectivity index (χ1) is 9.28. The summed E-state index contributed by atoms with van der Waals surface area (Å²) in [4.78, 5) is 7.46. The molecule has 0 amide bonds. The number of benzene rings is 1. The predicted molar refractivity (Wildman–Crippen MR) is 70.5 cm³/mol. The summed E-state index contributed by atoms with van der Waals surface area (Å²) in [6, 6.07) is 3.95. The van der Waals surface area contributed by atoms with Gasteiger partial charge in [-0.05, 0) is 24.6 Å². The van der Waals surface area contributed by atoms with Gasteiger partial charge in [-0.25, -0.2) is 4.98 Å². The second kappa shape index (κ2) is 4.93. The summed E-state index contributed by atoms with van der Waals surface area (Å²) >= 11 is 0. The number of hydrogen-bond acceptors (Lipinski definition) is 4. The number of aromatic nitrogens is 2. The summed E-state index contributed by atoms with van der Waals surface area (Å²) in [5, 5.41) is 8.92. The van der Waals surface area contributed by atoms with Gasteiger partial charge in [0.05, 0.1) is 18.5 Å². The van der Waals surface area contributed by atoms with Crippen molar-refractivity contribution in [3.63, 3.8) is 0 Å². The molecule has 0 unspecified atom stereocenters. The van der Waals surface area contributed by atoms with Crippen molar-refractivity contribution >= 4 is 0 Å². The molecule has 1 aliphatic rings. The molecule has 0 aliphatic carbocycles. The maximum absolute atomic E-state index is 8.92. The number of H-pyrrole nitrogens is 1. The Morgan fingerprint density at radius 1 is 1.26 bits per heavy atom. The molecule has 0 bridgehead atoms. The lowest BCUT2D eigenvalue weighted by atomic mass is 10.1. The molecule has 3 rings (SSSR count). The molecule has 0 saturated carbocycles. The van der Waals surface area contributed by atoms with E-state index in [-0.39, 0.29) is 6.61 Å². The zero-order valence-electron chi connectivity index (χ0n) is 10.8. The van der Waals surface area contributed by atoms with Crippen molar-refractivity contribution in [1.82, 2.24) is 9.97 Å². The lowest BCUT2D eigenvalue weighted by molar-refractivity contribution is 0.171. The second-order valence-corrected chi connectivity index (χ2v) is 4.53. The molecule has 5 heteroatoms. The van der Waals surface area contributed by atoms with E-state index in [1.54, 1.807) is 6.20 Å². The number of ether oxygens (including phenoxy) is 2. The molecule has 2 aromatic rings. The normalized spacial score (nSPS) is 13.6. The molecule has 0 atom stereocenters. The number of imidazole rings is 1. The van der Waals surface area contributed by atoms with E-state index in [1.807, 2.05) is 19.1 Å². The Balaban J connectivity index is 1.99. The molecule has 100 valence electrons. The molecule has 0 saturated heterocycles. The van der Waals surface area contributed by atoms with Crippen LogP contribution in [-0.4, -0.2) is 34.9 Å². The van der Waals surface area contributed by atoms with Crippen molar-refractivity contribution in [2.75, 3.05) is 19.8 Å². The Hall–Kier alpha value is -2.01. The molecular weight excluding hydrogens is 244 g/mol. The lowest BCUT2D eigenvalue weighted by Crippen LogP contribution is -2.15. The number of aliphatic hydroxyl groups excluding tert-OH is 1. The highest BCUT2D eigenvalue weighted by Gasteiger charge is 2.16. The van der Waals surface area contributed by atoms with Crippen LogP contribution in [-0.2, 0) is 6.42 Å². The number of nitrogens with zero attached hydrogens (tertiary/aromatic N) is 1. The summed E-state index contributed by atoms with van der Waals surface area (Å²) in [7, 11) is 0. The van der Waals surface area contributed by atoms with Gasteiger partial charge in [0, 0.05) is 12.0 Å². The van der Waals surface area contributed by atoms with Crippen molar-refractivity contribution < 1.29 is 14.6 Å². The van der Waals surface area contributed by atoms with E-state index in [9.17, 15) is 0 Å². The van der Waals surface area contributed by atoms with E-state index < -0.39 is 0 Å². The number of hydrogen-bond donors (Lipinski definition) is 2. The van der Waals surface area contributed by atoms with E-state index >= 15 is 0 Å². The second-order valence-electron chi connectivity index (χ2n) is 4.53. The first-order valence-corrected chi connectivity index (χ1v) is 6.33. The van der Waals surface area contributed by atoms with Gasteiger partial charge in [-0.15, -0.1) is 0 Å². The van der Waals surface area contributed by atoms with Crippen LogP contribution >= 0.6 is 0 Å².